The van der Waals surface area contributed by atoms with Gasteiger partial charge in [0.05, 0.1) is 0 Å². The highest BCUT2D eigenvalue weighted by atomic mass is 35.5. The van der Waals surface area contributed by atoms with Gasteiger partial charge in [-0.25, -0.2) is 4.79 Å². The van der Waals surface area contributed by atoms with Crippen LogP contribution in [0.1, 0.15) is 19.3 Å². The first-order valence-corrected chi connectivity index (χ1v) is 7.52. The summed E-state index contributed by atoms with van der Waals surface area (Å²) in [6.07, 6.45) is 2.35. The number of rotatable bonds is 1. The van der Waals surface area contributed by atoms with Crippen LogP contribution >= 0.6 is 11.6 Å². The monoisotopic (exact) mass is 307 g/mol. The minimum Gasteiger partial charge on any atom is -0.356 e. The zero-order chi connectivity index (χ0) is 14.9. The van der Waals surface area contributed by atoms with E-state index in [1.165, 1.54) is 0 Å². The lowest BCUT2D eigenvalue weighted by molar-refractivity contribution is -0.119. The molecular formula is C15H18ClN3O2. The molecule has 2 fully saturated rings. The number of nitrogens with one attached hydrogen (secondary N) is 2. The molecule has 0 atom stereocenters. The first-order valence-electron chi connectivity index (χ1n) is 7.15. The van der Waals surface area contributed by atoms with Crippen molar-refractivity contribution in [2.45, 2.75) is 19.3 Å². The Hall–Kier alpha value is -1.75. The lowest BCUT2D eigenvalue weighted by Crippen LogP contribution is -2.45. The first kappa shape index (κ1) is 14.2. The lowest BCUT2D eigenvalue weighted by Gasteiger charge is -2.38. The molecule has 112 valence electrons. The number of amides is 3. The zero-order valence-corrected chi connectivity index (χ0v) is 12.4. The molecular weight excluding hydrogens is 290 g/mol. The van der Waals surface area contributed by atoms with Gasteiger partial charge in [0.25, 0.3) is 0 Å². The van der Waals surface area contributed by atoms with E-state index in [2.05, 4.69) is 10.6 Å². The highest BCUT2D eigenvalue weighted by Crippen LogP contribution is 2.37. The molecule has 0 aliphatic carbocycles. The SMILES string of the molecule is O=C1CC2(CCN(C(=O)Nc3ccc(Cl)cc3)CC2)CN1. The molecule has 5 nitrogen and oxygen atoms in total. The summed E-state index contributed by atoms with van der Waals surface area (Å²) in [4.78, 5) is 25.4. The Morgan fingerprint density at radius 1 is 1.24 bits per heavy atom. The summed E-state index contributed by atoms with van der Waals surface area (Å²) in [5.41, 5.74) is 0.802. The molecule has 0 unspecified atom stereocenters. The maximum absolute atomic E-state index is 12.2. The van der Waals surface area contributed by atoms with E-state index in [1.807, 2.05) is 4.90 Å². The Morgan fingerprint density at radius 3 is 2.48 bits per heavy atom. The fourth-order valence-electron chi connectivity index (χ4n) is 3.03. The molecule has 1 spiro atoms. The molecule has 2 N–H and O–H groups in total. The van der Waals surface area contributed by atoms with Crippen molar-refractivity contribution in [3.8, 4) is 0 Å². The van der Waals surface area contributed by atoms with E-state index in [0.717, 1.165) is 25.1 Å². The Labute approximate surface area is 128 Å². The second-order valence-electron chi connectivity index (χ2n) is 5.88. The molecule has 2 heterocycles. The van der Waals surface area contributed by atoms with Crippen molar-refractivity contribution in [2.75, 3.05) is 25.0 Å². The third-order valence-corrected chi connectivity index (χ3v) is 4.65. The smallest absolute Gasteiger partial charge is 0.321 e. The van der Waals surface area contributed by atoms with Gasteiger partial charge < -0.3 is 15.5 Å². The molecule has 3 amide bonds. The number of carbonyl (C=O) groups is 2. The second-order valence-corrected chi connectivity index (χ2v) is 6.31. The van der Waals surface area contributed by atoms with Crippen LogP contribution in [0.4, 0.5) is 10.5 Å². The summed E-state index contributed by atoms with van der Waals surface area (Å²) in [6, 6.07) is 6.97. The van der Waals surface area contributed by atoms with E-state index in [0.29, 0.717) is 24.5 Å². The maximum atomic E-state index is 12.2. The van der Waals surface area contributed by atoms with Crippen LogP contribution in [0, 0.1) is 5.41 Å². The Morgan fingerprint density at radius 2 is 1.90 bits per heavy atom. The molecule has 2 saturated heterocycles. The highest BCUT2D eigenvalue weighted by molar-refractivity contribution is 6.30. The maximum Gasteiger partial charge on any atom is 0.321 e. The number of benzene rings is 1. The van der Waals surface area contributed by atoms with Gasteiger partial charge in [-0.2, -0.15) is 0 Å². The van der Waals surface area contributed by atoms with Gasteiger partial charge in [0.2, 0.25) is 5.91 Å². The molecule has 2 aliphatic rings. The highest BCUT2D eigenvalue weighted by Gasteiger charge is 2.41. The molecule has 0 aromatic heterocycles. The summed E-state index contributed by atoms with van der Waals surface area (Å²) in [6.45, 7) is 2.13. The average molecular weight is 308 g/mol. The van der Waals surface area contributed by atoms with Gasteiger partial charge in [-0.15, -0.1) is 0 Å². The lowest BCUT2D eigenvalue weighted by atomic mass is 9.78. The number of carbonyl (C=O) groups excluding carboxylic acids is 2. The van der Waals surface area contributed by atoms with E-state index in [4.69, 9.17) is 11.6 Å². The average Bonchev–Trinajstić information content (AvgIpc) is 2.83. The van der Waals surface area contributed by atoms with Gasteiger partial charge in [0.15, 0.2) is 0 Å². The van der Waals surface area contributed by atoms with Crippen LogP contribution in [0.25, 0.3) is 0 Å². The predicted molar refractivity (Wildman–Crippen MR) is 81.3 cm³/mol. The van der Waals surface area contributed by atoms with Crippen molar-refractivity contribution in [1.82, 2.24) is 10.2 Å². The summed E-state index contributed by atoms with van der Waals surface area (Å²) in [5.74, 6) is 0.133. The van der Waals surface area contributed by atoms with Gasteiger partial charge >= 0.3 is 6.03 Å². The fourth-order valence-corrected chi connectivity index (χ4v) is 3.15. The molecule has 1 aromatic carbocycles. The third kappa shape index (κ3) is 3.13. The number of halogens is 1. The molecule has 6 heteroatoms. The zero-order valence-electron chi connectivity index (χ0n) is 11.7. The quantitative estimate of drug-likeness (QED) is 0.837. The topological polar surface area (TPSA) is 61.4 Å². The Kier molecular flexibility index (Phi) is 3.76. The fraction of sp³-hybridized carbons (Fsp3) is 0.467. The number of nitrogens with zero attached hydrogens (tertiary/aromatic N) is 1. The van der Waals surface area contributed by atoms with E-state index in [1.54, 1.807) is 24.3 Å². The molecule has 0 radical (unpaired) electrons. The van der Waals surface area contributed by atoms with Gasteiger partial charge in [-0.1, -0.05) is 11.6 Å². The number of hydrogen-bond acceptors (Lipinski definition) is 2. The van der Waals surface area contributed by atoms with Gasteiger partial charge in [-0.3, -0.25) is 4.79 Å². The van der Waals surface area contributed by atoms with Gasteiger partial charge in [0.1, 0.15) is 0 Å². The largest absolute Gasteiger partial charge is 0.356 e. The standard InChI is InChI=1S/C15H18ClN3O2/c16-11-1-3-12(4-2-11)18-14(21)19-7-5-15(6-8-19)9-13(20)17-10-15/h1-4H,5-10H2,(H,17,20)(H,18,21). The minimum atomic E-state index is -0.0931. The van der Waals surface area contributed by atoms with Crippen LogP contribution in [0.3, 0.4) is 0 Å². The third-order valence-electron chi connectivity index (χ3n) is 4.40. The summed E-state index contributed by atoms with van der Waals surface area (Å²) < 4.78 is 0. The number of likely N-dealkylation sites (tertiary alicyclic amines) is 1. The molecule has 0 saturated carbocycles. The van der Waals surface area contributed by atoms with Crippen molar-refractivity contribution in [3.05, 3.63) is 29.3 Å². The number of urea groups is 1. The Balaban J connectivity index is 1.55. The van der Waals surface area contributed by atoms with Crippen molar-refractivity contribution in [2.24, 2.45) is 5.41 Å². The summed E-state index contributed by atoms with van der Waals surface area (Å²) in [5, 5.41) is 6.42. The van der Waals surface area contributed by atoms with Crippen molar-refractivity contribution < 1.29 is 9.59 Å². The molecule has 1 aromatic rings. The van der Waals surface area contributed by atoms with Crippen molar-refractivity contribution in [3.63, 3.8) is 0 Å². The predicted octanol–water partition coefficient (Wildman–Crippen LogP) is 2.47. The van der Waals surface area contributed by atoms with Crippen LogP contribution < -0.4 is 10.6 Å². The van der Waals surface area contributed by atoms with E-state index >= 15 is 0 Å². The number of hydrogen-bond donors (Lipinski definition) is 2. The second kappa shape index (κ2) is 5.56. The van der Waals surface area contributed by atoms with Gasteiger partial charge in [0, 0.05) is 36.8 Å². The van der Waals surface area contributed by atoms with E-state index in [9.17, 15) is 9.59 Å². The molecule has 21 heavy (non-hydrogen) atoms. The van der Waals surface area contributed by atoms with Crippen LogP contribution in [0.2, 0.25) is 5.02 Å². The van der Waals surface area contributed by atoms with E-state index < -0.39 is 0 Å². The van der Waals surface area contributed by atoms with Crippen LogP contribution in [-0.2, 0) is 4.79 Å². The van der Waals surface area contributed by atoms with Gasteiger partial charge in [-0.05, 0) is 42.5 Å². The first-order chi connectivity index (χ1) is 10.1. The molecule has 2 aliphatic heterocycles. The van der Waals surface area contributed by atoms with Crippen molar-refractivity contribution >= 4 is 29.2 Å². The Bertz CT molecular complexity index is 551. The molecule has 3 rings (SSSR count). The number of piperidine rings is 1. The van der Waals surface area contributed by atoms with Crippen LogP contribution in [0.15, 0.2) is 24.3 Å². The molecule has 0 bridgehead atoms. The van der Waals surface area contributed by atoms with Crippen LogP contribution in [0.5, 0.6) is 0 Å². The normalized spacial score (nSPS) is 20.4. The number of anilines is 1. The summed E-state index contributed by atoms with van der Waals surface area (Å²) in [7, 11) is 0. The van der Waals surface area contributed by atoms with Crippen LogP contribution in [-0.4, -0.2) is 36.5 Å². The summed E-state index contributed by atoms with van der Waals surface area (Å²) >= 11 is 5.82. The minimum absolute atomic E-state index is 0.0636. The van der Waals surface area contributed by atoms with E-state index in [-0.39, 0.29) is 17.4 Å². The van der Waals surface area contributed by atoms with Crippen molar-refractivity contribution in [1.29, 1.82) is 0 Å².